The highest BCUT2D eigenvalue weighted by atomic mass is 16.3. The summed E-state index contributed by atoms with van der Waals surface area (Å²) in [6.45, 7) is 0. The van der Waals surface area contributed by atoms with Gasteiger partial charge in [-0.25, -0.2) is 0 Å². The number of benzene rings is 14. The van der Waals surface area contributed by atoms with Crippen LogP contribution in [0.4, 0.5) is 34.1 Å². The average molecular weight is 1240 g/mol. The van der Waals surface area contributed by atoms with Crippen LogP contribution in [0.5, 0.6) is 0 Å². The van der Waals surface area contributed by atoms with Crippen molar-refractivity contribution in [1.82, 2.24) is 9.13 Å². The summed E-state index contributed by atoms with van der Waals surface area (Å²) < 4.78 is 18.9. The molecule has 0 N–H and O–H groups in total. The van der Waals surface area contributed by atoms with Gasteiger partial charge in [-0.05, 0) is 227 Å². The Balaban J connectivity index is 0.722. The van der Waals surface area contributed by atoms with Gasteiger partial charge >= 0.3 is 0 Å². The lowest BCUT2D eigenvalue weighted by Gasteiger charge is -2.27. The number of hydrogen-bond donors (Lipinski definition) is 0. The second-order valence-corrected chi connectivity index (χ2v) is 27.2. The van der Waals surface area contributed by atoms with Gasteiger partial charge in [0.15, 0.2) is 0 Å². The van der Waals surface area contributed by atoms with Gasteiger partial charge in [0.25, 0.3) is 0 Å². The Morgan fingerprint density at radius 3 is 1.05 bits per heavy atom. The molecule has 0 atom stereocenters. The normalized spacial score (nSPS) is 14.4. The minimum Gasteiger partial charge on any atom is -0.456 e. The molecule has 2 saturated carbocycles. The van der Waals surface area contributed by atoms with Gasteiger partial charge < -0.3 is 27.8 Å². The Kier molecular flexibility index (Phi) is 12.7. The lowest BCUT2D eigenvalue weighted by atomic mass is 9.84. The molecule has 14 aromatic carbocycles. The van der Waals surface area contributed by atoms with Gasteiger partial charge in [0.05, 0.1) is 22.1 Å². The van der Waals surface area contributed by atoms with Gasteiger partial charge in [-0.1, -0.05) is 160 Å². The third kappa shape index (κ3) is 8.77. The molecule has 460 valence electrons. The van der Waals surface area contributed by atoms with Crippen molar-refractivity contribution in [2.45, 2.75) is 76.0 Å². The number of rotatable bonds is 10. The smallest absolute Gasteiger partial charge is 0.137 e. The molecule has 18 aromatic rings. The SMILES string of the molecule is c1ccc(-n2c3ccc(N(c4ccc(C5CCCCC5)cc4)c4ccc5c(c4)oc4ccc6c(ccc7oc8cc(N(c9ccc(C%10CCCCC%10)cc9)c9ccc%10c(c9)c9c%11ccccc%11ccc9n%10-c9ccccc9)ccc8c76)c45)cc3c3c4ccccc4ccc32)cc1. The first-order valence-electron chi connectivity index (χ1n) is 34.7. The van der Waals surface area contributed by atoms with Crippen LogP contribution >= 0.6 is 0 Å². The van der Waals surface area contributed by atoms with Crippen LogP contribution in [0, 0.1) is 0 Å². The lowest BCUT2D eigenvalue weighted by molar-refractivity contribution is 0.443. The summed E-state index contributed by atoms with van der Waals surface area (Å²) >= 11 is 0. The van der Waals surface area contributed by atoms with E-state index < -0.39 is 0 Å². The van der Waals surface area contributed by atoms with E-state index >= 15 is 0 Å². The number of aromatic nitrogens is 2. The van der Waals surface area contributed by atoms with Crippen molar-refractivity contribution in [3.05, 3.63) is 290 Å². The van der Waals surface area contributed by atoms with E-state index in [1.165, 1.54) is 140 Å². The number of para-hydroxylation sites is 2. The summed E-state index contributed by atoms with van der Waals surface area (Å²) in [5.74, 6) is 1.21. The lowest BCUT2D eigenvalue weighted by Crippen LogP contribution is -2.10. The number of furan rings is 2. The van der Waals surface area contributed by atoms with Crippen LogP contribution in [-0.2, 0) is 0 Å². The van der Waals surface area contributed by atoms with Crippen molar-refractivity contribution >= 4 is 154 Å². The first-order chi connectivity index (χ1) is 47.6. The van der Waals surface area contributed by atoms with E-state index in [1.54, 1.807) is 0 Å². The third-order valence-electron chi connectivity index (χ3n) is 21.8. The van der Waals surface area contributed by atoms with E-state index in [4.69, 9.17) is 8.83 Å². The van der Waals surface area contributed by atoms with E-state index in [9.17, 15) is 0 Å². The van der Waals surface area contributed by atoms with E-state index in [2.05, 4.69) is 298 Å². The van der Waals surface area contributed by atoms with Crippen molar-refractivity contribution in [2.24, 2.45) is 0 Å². The van der Waals surface area contributed by atoms with Crippen LogP contribution in [0.15, 0.2) is 288 Å². The Morgan fingerprint density at radius 2 is 0.615 bits per heavy atom. The molecule has 0 radical (unpaired) electrons. The fourth-order valence-electron chi connectivity index (χ4n) is 17.3. The van der Waals surface area contributed by atoms with Gasteiger partial charge in [-0.3, -0.25) is 0 Å². The summed E-state index contributed by atoms with van der Waals surface area (Å²) in [4.78, 5) is 4.86. The monoisotopic (exact) mass is 1240 g/mol. The van der Waals surface area contributed by atoms with Crippen molar-refractivity contribution in [1.29, 1.82) is 0 Å². The number of hydrogen-bond acceptors (Lipinski definition) is 4. The van der Waals surface area contributed by atoms with Gasteiger partial charge in [0.2, 0.25) is 0 Å². The van der Waals surface area contributed by atoms with Gasteiger partial charge in [0, 0.05) is 101 Å². The molecule has 4 aromatic heterocycles. The average Bonchev–Trinajstić information content (AvgIpc) is 1.58. The number of nitrogens with zero attached hydrogens (tertiary/aromatic N) is 4. The topological polar surface area (TPSA) is 42.6 Å². The molecule has 2 aliphatic carbocycles. The summed E-state index contributed by atoms with van der Waals surface area (Å²) in [6.07, 6.45) is 12.9. The quantitative estimate of drug-likeness (QED) is 0.137. The second-order valence-electron chi connectivity index (χ2n) is 27.2. The Labute approximate surface area is 556 Å². The highest BCUT2D eigenvalue weighted by molar-refractivity contribution is 6.28. The molecule has 0 unspecified atom stereocenters. The summed E-state index contributed by atoms with van der Waals surface area (Å²) in [5, 5.41) is 16.5. The first kappa shape index (κ1) is 55.1. The predicted molar refractivity (Wildman–Crippen MR) is 403 cm³/mol. The fraction of sp³-hybridized carbons (Fsp3) is 0.133. The Hall–Kier alpha value is -11.3. The molecule has 0 spiro atoms. The molecule has 6 nitrogen and oxygen atoms in total. The molecule has 0 bridgehead atoms. The standard InChI is InChI=1S/C90H68N4O2/c1-5-17-57(18-6-1)59-29-35-65(36-30-59)91(67-41-49-79-77(53-67)87-71-27-15-13-21-61(71)33-47-81(87)93(79)63-23-9-3-10-24-63)69-39-43-75-85(55-69)95-83-51-45-74-73(89(75)83)46-52-84-90(74)76-44-40-70(56-86(76)96-84)92(66-37-31-60(32-38-66)58-19-7-2-8-20-58)68-42-50-80-78(54-68)88-72-28-16-14-22-62(72)34-48-82(88)94(80)64-25-11-4-12-26-64/h3-4,9-16,21-58H,1-2,5-8,17-20H2. The minimum atomic E-state index is 0.606. The van der Waals surface area contributed by atoms with Gasteiger partial charge in [0.1, 0.15) is 22.3 Å². The maximum atomic E-state index is 7.03. The highest BCUT2D eigenvalue weighted by Gasteiger charge is 2.26. The van der Waals surface area contributed by atoms with Crippen LogP contribution in [0.1, 0.15) is 87.2 Å². The van der Waals surface area contributed by atoms with E-state index in [0.717, 1.165) is 100 Å². The molecule has 2 fully saturated rings. The molecule has 0 amide bonds. The van der Waals surface area contributed by atoms with Crippen LogP contribution in [0.2, 0.25) is 0 Å². The Bertz CT molecular complexity index is 5720. The van der Waals surface area contributed by atoms with Gasteiger partial charge in [-0.15, -0.1) is 0 Å². The third-order valence-corrected chi connectivity index (χ3v) is 21.8. The zero-order valence-corrected chi connectivity index (χ0v) is 53.4. The van der Waals surface area contributed by atoms with Crippen LogP contribution in [0.25, 0.3) is 131 Å². The van der Waals surface area contributed by atoms with Crippen molar-refractivity contribution in [3.8, 4) is 11.4 Å². The van der Waals surface area contributed by atoms with Crippen molar-refractivity contribution in [3.63, 3.8) is 0 Å². The van der Waals surface area contributed by atoms with Crippen molar-refractivity contribution in [2.75, 3.05) is 9.80 Å². The van der Waals surface area contributed by atoms with E-state index in [0.29, 0.717) is 11.8 Å². The first-order valence-corrected chi connectivity index (χ1v) is 34.7. The van der Waals surface area contributed by atoms with E-state index in [1.807, 2.05) is 0 Å². The molecule has 96 heavy (non-hydrogen) atoms. The molecule has 0 saturated heterocycles. The second kappa shape index (κ2) is 22.1. The largest absolute Gasteiger partial charge is 0.456 e. The Morgan fingerprint density at radius 1 is 0.250 bits per heavy atom. The molecule has 20 rings (SSSR count). The van der Waals surface area contributed by atoms with Crippen LogP contribution in [0.3, 0.4) is 0 Å². The minimum absolute atomic E-state index is 0.606. The molecular weight excluding hydrogens is 1170 g/mol. The summed E-state index contributed by atoms with van der Waals surface area (Å²) in [7, 11) is 0. The maximum absolute atomic E-state index is 7.03. The highest BCUT2D eigenvalue weighted by Crippen LogP contribution is 2.49. The predicted octanol–water partition coefficient (Wildman–Crippen LogP) is 26.2. The van der Waals surface area contributed by atoms with Crippen molar-refractivity contribution < 1.29 is 8.83 Å². The molecule has 6 heteroatoms. The molecule has 2 aliphatic rings. The zero-order chi connectivity index (χ0) is 63.0. The fourth-order valence-corrected chi connectivity index (χ4v) is 17.3. The van der Waals surface area contributed by atoms with E-state index in [-0.39, 0.29) is 0 Å². The summed E-state index contributed by atoms with van der Waals surface area (Å²) in [5.41, 5.74) is 19.8. The number of fused-ring (bicyclic) bond motifs is 19. The molecular formula is C90H68N4O2. The molecule has 0 aliphatic heterocycles. The molecule has 4 heterocycles. The maximum Gasteiger partial charge on any atom is 0.137 e. The van der Waals surface area contributed by atoms with Gasteiger partial charge in [-0.2, -0.15) is 0 Å². The zero-order valence-electron chi connectivity index (χ0n) is 53.4. The van der Waals surface area contributed by atoms with Crippen LogP contribution in [-0.4, -0.2) is 9.13 Å². The summed E-state index contributed by atoms with van der Waals surface area (Å²) in [6, 6.07) is 104. The van der Waals surface area contributed by atoms with Crippen LogP contribution < -0.4 is 9.80 Å². The number of anilines is 6.